The van der Waals surface area contributed by atoms with Gasteiger partial charge in [0, 0.05) is 5.56 Å². The van der Waals surface area contributed by atoms with E-state index in [1.54, 1.807) is 0 Å². The standard InChI is InChI=1S/C23H22N4O3/c1-2-15-9-11-17(12-10-15)20-24-19(30-26-20)14-27-21(28)23(25-22(27)29)13-5-7-16-6-3-4-8-18(16)23/h3-4,6,8-12H,2,5,7,13-14H2,1H3,(H,25,29)/t23-/m0/s1. The number of amides is 3. The molecule has 0 bridgehead atoms. The zero-order chi connectivity index (χ0) is 20.7. The Morgan fingerprint density at radius 1 is 1.13 bits per heavy atom. The Balaban J connectivity index is 1.40. The van der Waals surface area contributed by atoms with Gasteiger partial charge in [0.2, 0.25) is 11.7 Å². The maximum atomic E-state index is 13.4. The number of carbonyl (C=O) groups is 2. The Morgan fingerprint density at radius 3 is 2.73 bits per heavy atom. The summed E-state index contributed by atoms with van der Waals surface area (Å²) in [6.45, 7) is 2.05. The topological polar surface area (TPSA) is 88.3 Å². The van der Waals surface area contributed by atoms with Crippen LogP contribution in [0.5, 0.6) is 0 Å². The van der Waals surface area contributed by atoms with E-state index >= 15 is 0 Å². The van der Waals surface area contributed by atoms with Crippen LogP contribution in [0.25, 0.3) is 11.4 Å². The van der Waals surface area contributed by atoms with Crippen molar-refractivity contribution in [2.45, 2.75) is 44.7 Å². The quantitative estimate of drug-likeness (QED) is 0.674. The summed E-state index contributed by atoms with van der Waals surface area (Å²) in [6, 6.07) is 15.3. The second-order valence-corrected chi connectivity index (χ2v) is 7.80. The van der Waals surface area contributed by atoms with Gasteiger partial charge in [-0.25, -0.2) is 4.79 Å². The fraction of sp³-hybridized carbons (Fsp3) is 0.304. The molecule has 3 aromatic rings. The SMILES string of the molecule is CCc1ccc(-c2noc(CN3C(=O)N[C@]4(CCCc5ccccc54)C3=O)n2)cc1. The van der Waals surface area contributed by atoms with Crippen LogP contribution in [-0.2, 0) is 29.7 Å². The molecule has 1 aliphatic heterocycles. The third-order valence-corrected chi connectivity index (χ3v) is 6.03. The highest BCUT2D eigenvalue weighted by atomic mass is 16.5. The highest BCUT2D eigenvalue weighted by molar-refractivity contribution is 6.07. The first-order valence-corrected chi connectivity index (χ1v) is 10.2. The fourth-order valence-corrected chi connectivity index (χ4v) is 4.42. The van der Waals surface area contributed by atoms with Gasteiger partial charge in [-0.2, -0.15) is 4.98 Å². The summed E-state index contributed by atoms with van der Waals surface area (Å²) in [5.74, 6) is 0.415. The molecular formula is C23H22N4O3. The summed E-state index contributed by atoms with van der Waals surface area (Å²) >= 11 is 0. The summed E-state index contributed by atoms with van der Waals surface area (Å²) in [5.41, 5.74) is 3.05. The van der Waals surface area contributed by atoms with Crippen molar-refractivity contribution in [1.82, 2.24) is 20.4 Å². The molecule has 1 spiro atoms. The number of fused-ring (bicyclic) bond motifs is 2. The van der Waals surface area contributed by atoms with Crippen molar-refractivity contribution < 1.29 is 14.1 Å². The van der Waals surface area contributed by atoms with Crippen molar-refractivity contribution in [2.75, 3.05) is 0 Å². The zero-order valence-electron chi connectivity index (χ0n) is 16.7. The van der Waals surface area contributed by atoms with E-state index < -0.39 is 11.6 Å². The smallest absolute Gasteiger partial charge is 0.325 e. The lowest BCUT2D eigenvalue weighted by Gasteiger charge is -2.33. The third kappa shape index (κ3) is 2.89. The molecule has 2 aliphatic rings. The largest absolute Gasteiger partial charge is 0.337 e. The molecule has 5 rings (SSSR count). The van der Waals surface area contributed by atoms with Crippen LogP contribution in [0.1, 0.15) is 42.3 Å². The van der Waals surface area contributed by atoms with E-state index in [1.807, 2.05) is 48.5 Å². The molecule has 30 heavy (non-hydrogen) atoms. The minimum Gasteiger partial charge on any atom is -0.337 e. The molecule has 0 radical (unpaired) electrons. The molecule has 0 unspecified atom stereocenters. The van der Waals surface area contributed by atoms with Crippen LogP contribution in [0, 0.1) is 0 Å². The van der Waals surface area contributed by atoms with Gasteiger partial charge in [0.15, 0.2) is 0 Å². The second-order valence-electron chi connectivity index (χ2n) is 7.80. The van der Waals surface area contributed by atoms with E-state index in [9.17, 15) is 9.59 Å². The van der Waals surface area contributed by atoms with Crippen LogP contribution in [0.4, 0.5) is 4.79 Å². The first kappa shape index (κ1) is 18.5. The molecule has 7 heteroatoms. The molecule has 1 fully saturated rings. The van der Waals surface area contributed by atoms with Crippen LogP contribution in [0.15, 0.2) is 53.1 Å². The van der Waals surface area contributed by atoms with Gasteiger partial charge >= 0.3 is 6.03 Å². The van der Waals surface area contributed by atoms with Gasteiger partial charge in [-0.1, -0.05) is 60.6 Å². The lowest BCUT2D eigenvalue weighted by Crippen LogP contribution is -2.46. The number of aryl methyl sites for hydroxylation is 2. The molecule has 1 saturated heterocycles. The van der Waals surface area contributed by atoms with Crippen molar-refractivity contribution in [3.05, 3.63) is 71.1 Å². The number of hydrogen-bond donors (Lipinski definition) is 1. The highest BCUT2D eigenvalue weighted by Crippen LogP contribution is 2.40. The van der Waals surface area contributed by atoms with Crippen molar-refractivity contribution in [3.63, 3.8) is 0 Å². The number of benzene rings is 2. The van der Waals surface area contributed by atoms with E-state index in [2.05, 4.69) is 22.4 Å². The van der Waals surface area contributed by atoms with Gasteiger partial charge in [-0.05, 0) is 42.4 Å². The van der Waals surface area contributed by atoms with Gasteiger partial charge < -0.3 is 9.84 Å². The molecule has 152 valence electrons. The van der Waals surface area contributed by atoms with Crippen LogP contribution >= 0.6 is 0 Å². The maximum absolute atomic E-state index is 13.4. The van der Waals surface area contributed by atoms with Crippen molar-refractivity contribution in [3.8, 4) is 11.4 Å². The van der Waals surface area contributed by atoms with E-state index in [0.29, 0.717) is 12.2 Å². The Bertz CT molecular complexity index is 1120. The van der Waals surface area contributed by atoms with Gasteiger partial charge in [-0.3, -0.25) is 9.69 Å². The first-order chi connectivity index (χ1) is 14.6. The van der Waals surface area contributed by atoms with Crippen LogP contribution in [-0.4, -0.2) is 27.0 Å². The number of carbonyl (C=O) groups excluding carboxylic acids is 2. The highest BCUT2D eigenvalue weighted by Gasteiger charge is 2.54. The number of aromatic nitrogens is 2. The number of rotatable bonds is 4. The predicted octanol–water partition coefficient (Wildman–Crippen LogP) is 3.58. The first-order valence-electron chi connectivity index (χ1n) is 10.2. The number of imide groups is 1. The molecular weight excluding hydrogens is 380 g/mol. The molecule has 1 N–H and O–H groups in total. The Labute approximate surface area is 174 Å². The molecule has 0 saturated carbocycles. The normalized spacial score (nSPS) is 20.5. The second kappa shape index (κ2) is 7.09. The lowest BCUT2D eigenvalue weighted by molar-refractivity contribution is -0.132. The summed E-state index contributed by atoms with van der Waals surface area (Å²) in [7, 11) is 0. The number of nitrogens with one attached hydrogen (secondary N) is 1. The minimum absolute atomic E-state index is 0.0470. The minimum atomic E-state index is -0.995. The average Bonchev–Trinajstić information content (AvgIpc) is 3.34. The van der Waals surface area contributed by atoms with Crippen molar-refractivity contribution >= 4 is 11.9 Å². The zero-order valence-corrected chi connectivity index (χ0v) is 16.7. The monoisotopic (exact) mass is 402 g/mol. The molecule has 7 nitrogen and oxygen atoms in total. The Kier molecular flexibility index (Phi) is 4.38. The van der Waals surface area contributed by atoms with E-state index in [4.69, 9.17) is 4.52 Å². The third-order valence-electron chi connectivity index (χ3n) is 6.03. The van der Waals surface area contributed by atoms with Crippen LogP contribution < -0.4 is 5.32 Å². The number of nitrogens with zero attached hydrogens (tertiary/aromatic N) is 3. The van der Waals surface area contributed by atoms with Gasteiger partial charge in [0.25, 0.3) is 5.91 Å². The molecule has 1 aliphatic carbocycles. The Hall–Kier alpha value is -3.48. The lowest BCUT2D eigenvalue weighted by atomic mass is 9.76. The molecule has 2 heterocycles. The van der Waals surface area contributed by atoms with Crippen molar-refractivity contribution in [1.29, 1.82) is 0 Å². The summed E-state index contributed by atoms with van der Waals surface area (Å²) in [6.07, 6.45) is 3.29. The van der Waals surface area contributed by atoms with E-state index in [1.165, 1.54) is 10.5 Å². The summed E-state index contributed by atoms with van der Waals surface area (Å²) < 4.78 is 5.34. The predicted molar refractivity (Wildman–Crippen MR) is 109 cm³/mol. The fourth-order valence-electron chi connectivity index (χ4n) is 4.42. The molecule has 3 amide bonds. The molecule has 2 aromatic carbocycles. The summed E-state index contributed by atoms with van der Waals surface area (Å²) in [5, 5.41) is 6.96. The van der Waals surface area contributed by atoms with Crippen LogP contribution in [0.3, 0.4) is 0 Å². The van der Waals surface area contributed by atoms with E-state index in [-0.39, 0.29) is 18.3 Å². The van der Waals surface area contributed by atoms with E-state index in [0.717, 1.165) is 36.0 Å². The van der Waals surface area contributed by atoms with Crippen molar-refractivity contribution in [2.24, 2.45) is 0 Å². The van der Waals surface area contributed by atoms with Gasteiger partial charge in [0.1, 0.15) is 12.1 Å². The van der Waals surface area contributed by atoms with Gasteiger partial charge in [0.05, 0.1) is 0 Å². The molecule has 1 atom stereocenters. The maximum Gasteiger partial charge on any atom is 0.325 e. The summed E-state index contributed by atoms with van der Waals surface area (Å²) in [4.78, 5) is 31.7. The Morgan fingerprint density at radius 2 is 1.93 bits per heavy atom. The van der Waals surface area contributed by atoms with Crippen LogP contribution in [0.2, 0.25) is 0 Å². The number of urea groups is 1. The average molecular weight is 402 g/mol. The number of hydrogen-bond acceptors (Lipinski definition) is 5. The molecule has 1 aromatic heterocycles. The van der Waals surface area contributed by atoms with Gasteiger partial charge in [-0.15, -0.1) is 0 Å².